The fraction of sp³-hybridized carbons (Fsp3) is 0.130. The van der Waals surface area contributed by atoms with Crippen LogP contribution in [0.15, 0.2) is 65.6 Å². The Morgan fingerprint density at radius 2 is 1.68 bits per heavy atom. The van der Waals surface area contributed by atoms with Gasteiger partial charge in [0.1, 0.15) is 27.7 Å². The molecule has 176 valence electrons. The monoisotopic (exact) mass is 506 g/mol. The molecule has 1 fully saturated rings. The Balaban J connectivity index is 1.59. The standard InChI is InChI=1S/C23H17F3N2O4S2/c1-13-10-15(22(30)27-34(31,32)20-9-7-17(25)11-18(20)26)4-8-19(13)28-21(29)12-33-23(28)14-2-5-16(24)6-3-14/h2-11,23H,12H2,1H3,(H,27,30). The molecule has 4 rings (SSSR count). The first kappa shape index (κ1) is 23.8. The summed E-state index contributed by atoms with van der Waals surface area (Å²) in [5.74, 6) is -3.66. The van der Waals surface area contributed by atoms with E-state index in [2.05, 4.69) is 0 Å². The molecule has 6 nitrogen and oxygen atoms in total. The zero-order valence-electron chi connectivity index (χ0n) is 17.6. The summed E-state index contributed by atoms with van der Waals surface area (Å²) in [6.45, 7) is 1.65. The number of carbonyl (C=O) groups is 2. The molecule has 0 radical (unpaired) electrons. The van der Waals surface area contributed by atoms with E-state index < -0.39 is 43.7 Å². The summed E-state index contributed by atoms with van der Waals surface area (Å²) >= 11 is 1.37. The van der Waals surface area contributed by atoms with Crippen molar-refractivity contribution < 1.29 is 31.2 Å². The minimum absolute atomic E-state index is 0.0371. The summed E-state index contributed by atoms with van der Waals surface area (Å²) < 4.78 is 66.9. The largest absolute Gasteiger partial charge is 0.295 e. The molecule has 1 aliphatic rings. The number of anilines is 1. The molecule has 11 heteroatoms. The topological polar surface area (TPSA) is 83.6 Å². The Bertz CT molecular complexity index is 1400. The molecule has 0 saturated carbocycles. The van der Waals surface area contributed by atoms with Crippen LogP contribution in [0.4, 0.5) is 18.9 Å². The van der Waals surface area contributed by atoms with Crippen molar-refractivity contribution in [2.24, 2.45) is 0 Å². The number of nitrogens with one attached hydrogen (secondary N) is 1. The fourth-order valence-corrected chi connectivity index (χ4v) is 5.76. The van der Waals surface area contributed by atoms with Crippen molar-refractivity contribution in [1.29, 1.82) is 0 Å². The summed E-state index contributed by atoms with van der Waals surface area (Å²) in [5.41, 5.74) is 1.71. The van der Waals surface area contributed by atoms with Crippen LogP contribution >= 0.6 is 11.8 Å². The van der Waals surface area contributed by atoms with Crippen molar-refractivity contribution in [3.05, 3.63) is 94.8 Å². The number of hydrogen-bond donors (Lipinski definition) is 1. The Morgan fingerprint density at radius 3 is 2.32 bits per heavy atom. The van der Waals surface area contributed by atoms with Crippen LogP contribution in [0.2, 0.25) is 0 Å². The third-order valence-corrected chi connectivity index (χ3v) is 7.73. The second-order valence-electron chi connectivity index (χ2n) is 7.49. The molecule has 3 aromatic rings. The molecule has 0 spiro atoms. The van der Waals surface area contributed by atoms with Gasteiger partial charge >= 0.3 is 0 Å². The number of benzene rings is 3. The molecule has 1 unspecified atom stereocenters. The number of carbonyl (C=O) groups excluding carboxylic acids is 2. The number of sulfonamides is 1. The summed E-state index contributed by atoms with van der Waals surface area (Å²) in [5, 5.41) is -0.395. The second kappa shape index (κ2) is 9.15. The van der Waals surface area contributed by atoms with Crippen LogP contribution in [0.3, 0.4) is 0 Å². The summed E-state index contributed by atoms with van der Waals surface area (Å²) in [4.78, 5) is 25.9. The molecular formula is C23H17F3N2O4S2. The van der Waals surface area contributed by atoms with E-state index in [1.54, 1.807) is 28.7 Å². The highest BCUT2D eigenvalue weighted by Gasteiger charge is 2.35. The van der Waals surface area contributed by atoms with Crippen molar-refractivity contribution in [3.63, 3.8) is 0 Å². The van der Waals surface area contributed by atoms with Gasteiger partial charge in [0, 0.05) is 17.3 Å². The number of halogens is 3. The molecule has 1 heterocycles. The van der Waals surface area contributed by atoms with Gasteiger partial charge in [0.2, 0.25) is 5.91 Å². The zero-order chi connectivity index (χ0) is 24.6. The Kier molecular flexibility index (Phi) is 6.41. The number of thioether (sulfide) groups is 1. The van der Waals surface area contributed by atoms with Gasteiger partial charge in [-0.05, 0) is 60.5 Å². The van der Waals surface area contributed by atoms with E-state index in [1.165, 1.54) is 42.1 Å². The minimum atomic E-state index is -4.59. The highest BCUT2D eigenvalue weighted by molar-refractivity contribution is 8.00. The SMILES string of the molecule is Cc1cc(C(=O)NS(=O)(=O)c2ccc(F)cc2F)ccc1N1C(=O)CSC1c1ccc(F)cc1. The van der Waals surface area contributed by atoms with E-state index in [0.29, 0.717) is 17.3 Å². The minimum Gasteiger partial charge on any atom is -0.295 e. The molecule has 1 N–H and O–H groups in total. The molecule has 1 aliphatic heterocycles. The van der Waals surface area contributed by atoms with Gasteiger partial charge in [-0.1, -0.05) is 12.1 Å². The van der Waals surface area contributed by atoms with Crippen molar-refractivity contribution >= 4 is 39.3 Å². The van der Waals surface area contributed by atoms with Crippen LogP contribution in [-0.2, 0) is 14.8 Å². The third kappa shape index (κ3) is 4.66. The normalized spacial score (nSPS) is 16.1. The van der Waals surface area contributed by atoms with E-state index in [4.69, 9.17) is 0 Å². The average Bonchev–Trinajstić information content (AvgIpc) is 3.14. The number of amides is 2. The van der Waals surface area contributed by atoms with E-state index in [-0.39, 0.29) is 17.2 Å². The van der Waals surface area contributed by atoms with Gasteiger partial charge in [-0.2, -0.15) is 0 Å². The lowest BCUT2D eigenvalue weighted by molar-refractivity contribution is -0.115. The van der Waals surface area contributed by atoms with Crippen LogP contribution in [-0.4, -0.2) is 26.0 Å². The first-order valence-electron chi connectivity index (χ1n) is 9.89. The predicted octanol–water partition coefficient (Wildman–Crippen LogP) is 4.31. The predicted molar refractivity (Wildman–Crippen MR) is 121 cm³/mol. The molecule has 34 heavy (non-hydrogen) atoms. The maximum Gasteiger partial charge on any atom is 0.267 e. The van der Waals surface area contributed by atoms with E-state index in [1.807, 2.05) is 0 Å². The van der Waals surface area contributed by atoms with Crippen LogP contribution < -0.4 is 9.62 Å². The Labute approximate surface area is 197 Å². The molecule has 0 bridgehead atoms. The van der Waals surface area contributed by atoms with Crippen LogP contribution in [0.1, 0.15) is 26.9 Å². The lowest BCUT2D eigenvalue weighted by atomic mass is 10.1. The van der Waals surface area contributed by atoms with E-state index in [0.717, 1.165) is 17.7 Å². The van der Waals surface area contributed by atoms with Gasteiger partial charge < -0.3 is 0 Å². The van der Waals surface area contributed by atoms with Gasteiger partial charge in [-0.3, -0.25) is 14.5 Å². The molecular weight excluding hydrogens is 489 g/mol. The summed E-state index contributed by atoms with van der Waals surface area (Å²) in [7, 11) is -4.59. The summed E-state index contributed by atoms with van der Waals surface area (Å²) in [6.07, 6.45) is 0. The maximum atomic E-state index is 13.9. The van der Waals surface area contributed by atoms with Crippen LogP contribution in [0.5, 0.6) is 0 Å². The summed E-state index contributed by atoms with van der Waals surface area (Å²) in [6, 6.07) is 11.9. The number of rotatable bonds is 5. The smallest absolute Gasteiger partial charge is 0.267 e. The van der Waals surface area contributed by atoms with Crippen molar-refractivity contribution in [3.8, 4) is 0 Å². The maximum absolute atomic E-state index is 13.9. The van der Waals surface area contributed by atoms with Gasteiger partial charge in [0.05, 0.1) is 5.75 Å². The zero-order valence-corrected chi connectivity index (χ0v) is 19.2. The van der Waals surface area contributed by atoms with E-state index in [9.17, 15) is 31.2 Å². The van der Waals surface area contributed by atoms with Gasteiger partial charge in [-0.25, -0.2) is 26.3 Å². The molecule has 2 amide bonds. The van der Waals surface area contributed by atoms with Crippen LogP contribution in [0.25, 0.3) is 0 Å². The number of hydrogen-bond acceptors (Lipinski definition) is 5. The first-order valence-corrected chi connectivity index (χ1v) is 12.4. The van der Waals surface area contributed by atoms with Crippen molar-refractivity contribution in [2.75, 3.05) is 10.7 Å². The first-order chi connectivity index (χ1) is 16.1. The number of nitrogens with zero attached hydrogens (tertiary/aromatic N) is 1. The molecule has 1 atom stereocenters. The lowest BCUT2D eigenvalue weighted by Crippen LogP contribution is -2.32. The fourth-order valence-electron chi connectivity index (χ4n) is 3.55. The van der Waals surface area contributed by atoms with Crippen molar-refractivity contribution in [1.82, 2.24) is 4.72 Å². The molecule has 0 aliphatic carbocycles. The quantitative estimate of drug-likeness (QED) is 0.558. The lowest BCUT2D eigenvalue weighted by Gasteiger charge is -2.26. The van der Waals surface area contributed by atoms with E-state index >= 15 is 0 Å². The van der Waals surface area contributed by atoms with Crippen molar-refractivity contribution in [2.45, 2.75) is 17.2 Å². The highest BCUT2D eigenvalue weighted by Crippen LogP contribution is 2.42. The molecule has 3 aromatic carbocycles. The average molecular weight is 507 g/mol. The number of aryl methyl sites for hydroxylation is 1. The van der Waals surface area contributed by atoms with Gasteiger partial charge in [-0.15, -0.1) is 11.8 Å². The highest BCUT2D eigenvalue weighted by atomic mass is 32.2. The molecule has 1 saturated heterocycles. The Hall–Kier alpha value is -3.31. The molecule has 0 aromatic heterocycles. The van der Waals surface area contributed by atoms with Crippen LogP contribution in [0, 0.1) is 24.4 Å². The van der Waals surface area contributed by atoms with Gasteiger partial charge in [0.15, 0.2) is 0 Å². The Morgan fingerprint density at radius 1 is 1.00 bits per heavy atom. The second-order valence-corrected chi connectivity index (χ2v) is 10.2. The third-order valence-electron chi connectivity index (χ3n) is 5.15. The van der Waals surface area contributed by atoms with Gasteiger partial charge in [0.25, 0.3) is 15.9 Å².